The van der Waals surface area contributed by atoms with E-state index in [1.807, 2.05) is 0 Å². The normalized spacial score (nSPS) is 16.5. The summed E-state index contributed by atoms with van der Waals surface area (Å²) in [5.41, 5.74) is 5.62. The molecule has 1 saturated carbocycles. The summed E-state index contributed by atoms with van der Waals surface area (Å²) in [5.74, 6) is -0.401. The first-order chi connectivity index (χ1) is 8.89. The lowest BCUT2D eigenvalue weighted by atomic mass is 9.78. The summed E-state index contributed by atoms with van der Waals surface area (Å²) in [7, 11) is 0. The number of hydrogen-bond acceptors (Lipinski definition) is 4. The van der Waals surface area contributed by atoms with Crippen molar-refractivity contribution in [2.45, 2.75) is 24.8 Å². The number of nitrogens with one attached hydrogen (secondary N) is 1. The Morgan fingerprint density at radius 3 is 2.68 bits per heavy atom. The monoisotopic (exact) mass is 283 g/mol. The Morgan fingerprint density at radius 2 is 2.16 bits per heavy atom. The maximum Gasteiger partial charge on any atom is 0.271 e. The van der Waals surface area contributed by atoms with Crippen LogP contribution in [0.2, 0.25) is 5.02 Å². The van der Waals surface area contributed by atoms with Gasteiger partial charge in [-0.1, -0.05) is 11.6 Å². The molecule has 0 saturated heterocycles. The Hall–Kier alpha value is -1.66. The van der Waals surface area contributed by atoms with Crippen molar-refractivity contribution in [3.63, 3.8) is 0 Å². The van der Waals surface area contributed by atoms with E-state index in [2.05, 4.69) is 5.32 Å². The minimum atomic E-state index is -0.584. The number of rotatable bonds is 4. The fourth-order valence-corrected chi connectivity index (χ4v) is 2.21. The number of nitro groups is 1. The number of carbonyl (C=O) groups is 1. The number of halogens is 1. The molecule has 1 aliphatic carbocycles. The van der Waals surface area contributed by atoms with Gasteiger partial charge in [-0.15, -0.1) is 0 Å². The zero-order valence-electron chi connectivity index (χ0n) is 10.2. The van der Waals surface area contributed by atoms with Crippen molar-refractivity contribution in [1.82, 2.24) is 5.32 Å². The second kappa shape index (κ2) is 5.14. The number of benzene rings is 1. The smallest absolute Gasteiger partial charge is 0.271 e. The summed E-state index contributed by atoms with van der Waals surface area (Å²) in [4.78, 5) is 22.0. The van der Waals surface area contributed by atoms with E-state index in [4.69, 9.17) is 17.3 Å². The van der Waals surface area contributed by atoms with Crippen LogP contribution in [0.25, 0.3) is 0 Å². The van der Waals surface area contributed by atoms with Crippen molar-refractivity contribution < 1.29 is 9.72 Å². The molecule has 7 heteroatoms. The highest BCUT2D eigenvalue weighted by molar-refractivity contribution is 6.31. The highest BCUT2D eigenvalue weighted by Crippen LogP contribution is 2.28. The van der Waals surface area contributed by atoms with E-state index in [1.165, 1.54) is 18.2 Å². The van der Waals surface area contributed by atoms with Gasteiger partial charge in [-0.2, -0.15) is 0 Å². The summed E-state index contributed by atoms with van der Waals surface area (Å²) in [6.07, 6.45) is 2.82. The molecule has 1 amide bonds. The summed E-state index contributed by atoms with van der Waals surface area (Å²) >= 11 is 5.76. The average molecular weight is 284 g/mol. The van der Waals surface area contributed by atoms with Crippen LogP contribution in [0.1, 0.15) is 29.6 Å². The zero-order valence-corrected chi connectivity index (χ0v) is 10.9. The molecular formula is C12H14ClN3O3. The minimum absolute atomic E-state index is 0.158. The van der Waals surface area contributed by atoms with E-state index in [9.17, 15) is 14.9 Å². The Kier molecular flexibility index (Phi) is 3.73. The van der Waals surface area contributed by atoms with Gasteiger partial charge < -0.3 is 11.1 Å². The predicted molar refractivity (Wildman–Crippen MR) is 71.2 cm³/mol. The van der Waals surface area contributed by atoms with Gasteiger partial charge in [0.05, 0.1) is 4.92 Å². The first kappa shape index (κ1) is 13.8. The summed E-state index contributed by atoms with van der Waals surface area (Å²) in [6, 6.07) is 3.80. The molecule has 19 heavy (non-hydrogen) atoms. The van der Waals surface area contributed by atoms with Gasteiger partial charge in [0.1, 0.15) is 0 Å². The van der Waals surface area contributed by atoms with Gasteiger partial charge in [0.2, 0.25) is 0 Å². The molecule has 102 valence electrons. The fraction of sp³-hybridized carbons (Fsp3) is 0.417. The second-order valence-electron chi connectivity index (χ2n) is 4.85. The van der Waals surface area contributed by atoms with Gasteiger partial charge in [-0.05, 0) is 25.3 Å². The molecule has 0 aliphatic heterocycles. The molecule has 0 atom stereocenters. The van der Waals surface area contributed by atoms with Gasteiger partial charge in [-0.25, -0.2) is 0 Å². The zero-order chi connectivity index (χ0) is 14.0. The van der Waals surface area contributed by atoms with Crippen LogP contribution in [0.15, 0.2) is 18.2 Å². The third-order valence-corrected chi connectivity index (χ3v) is 3.52. The van der Waals surface area contributed by atoms with Crippen molar-refractivity contribution in [1.29, 1.82) is 0 Å². The van der Waals surface area contributed by atoms with E-state index < -0.39 is 10.8 Å². The summed E-state index contributed by atoms with van der Waals surface area (Å²) in [6.45, 7) is 0.367. The standard InChI is InChI=1S/C12H14ClN3O3/c13-9-4-8(5-10(6-9)16(18)19)11(17)15-7-12(14)2-1-3-12/h4-6H,1-3,7,14H2,(H,15,17). The van der Waals surface area contributed by atoms with Crippen molar-refractivity contribution in [2.75, 3.05) is 6.54 Å². The average Bonchev–Trinajstić information content (AvgIpc) is 2.32. The molecule has 0 spiro atoms. The van der Waals surface area contributed by atoms with E-state index in [1.54, 1.807) is 0 Å². The predicted octanol–water partition coefficient (Wildman–Crippen LogP) is 1.86. The molecule has 0 radical (unpaired) electrons. The Morgan fingerprint density at radius 1 is 1.47 bits per heavy atom. The molecule has 2 rings (SSSR count). The van der Waals surface area contributed by atoms with Gasteiger partial charge in [0, 0.05) is 34.8 Å². The number of hydrogen-bond donors (Lipinski definition) is 2. The maximum atomic E-state index is 11.9. The SMILES string of the molecule is NC1(CNC(=O)c2cc(Cl)cc([N+](=O)[O-])c2)CCC1. The first-order valence-electron chi connectivity index (χ1n) is 5.92. The minimum Gasteiger partial charge on any atom is -0.350 e. The number of carbonyl (C=O) groups excluding carboxylic acids is 1. The number of non-ortho nitro benzene ring substituents is 1. The van der Waals surface area contributed by atoms with Crippen molar-refractivity contribution in [2.24, 2.45) is 5.73 Å². The Balaban J connectivity index is 2.08. The van der Waals surface area contributed by atoms with E-state index >= 15 is 0 Å². The molecule has 3 N–H and O–H groups in total. The molecule has 0 aromatic heterocycles. The molecule has 1 fully saturated rings. The van der Waals surface area contributed by atoms with Crippen LogP contribution < -0.4 is 11.1 Å². The molecule has 0 bridgehead atoms. The third-order valence-electron chi connectivity index (χ3n) is 3.31. The molecule has 1 aromatic rings. The molecule has 0 unspecified atom stereocenters. The highest BCUT2D eigenvalue weighted by Gasteiger charge is 2.32. The lowest BCUT2D eigenvalue weighted by molar-refractivity contribution is -0.384. The van der Waals surface area contributed by atoms with Crippen molar-refractivity contribution in [3.8, 4) is 0 Å². The lowest BCUT2D eigenvalue weighted by Gasteiger charge is -2.38. The van der Waals surface area contributed by atoms with E-state index in [0.717, 1.165) is 19.3 Å². The molecular weight excluding hydrogens is 270 g/mol. The number of nitrogens with zero attached hydrogens (tertiary/aromatic N) is 1. The molecule has 1 aliphatic rings. The Bertz CT molecular complexity index is 529. The molecule has 6 nitrogen and oxygen atoms in total. The van der Waals surface area contributed by atoms with Crippen molar-refractivity contribution >= 4 is 23.2 Å². The quantitative estimate of drug-likeness (QED) is 0.651. The van der Waals surface area contributed by atoms with Gasteiger partial charge >= 0.3 is 0 Å². The van der Waals surface area contributed by atoms with Crippen LogP contribution in [0, 0.1) is 10.1 Å². The van der Waals surface area contributed by atoms with E-state index in [0.29, 0.717) is 6.54 Å². The van der Waals surface area contributed by atoms with Crippen molar-refractivity contribution in [3.05, 3.63) is 38.9 Å². The van der Waals surface area contributed by atoms with Gasteiger partial charge in [0.15, 0.2) is 0 Å². The second-order valence-corrected chi connectivity index (χ2v) is 5.29. The lowest BCUT2D eigenvalue weighted by Crippen LogP contribution is -2.54. The first-order valence-corrected chi connectivity index (χ1v) is 6.29. The van der Waals surface area contributed by atoms with Gasteiger partial charge in [-0.3, -0.25) is 14.9 Å². The van der Waals surface area contributed by atoms with E-state index in [-0.39, 0.29) is 21.8 Å². The third kappa shape index (κ3) is 3.21. The van der Waals surface area contributed by atoms with Crippen LogP contribution in [0.5, 0.6) is 0 Å². The topological polar surface area (TPSA) is 98.3 Å². The maximum absolute atomic E-state index is 11.9. The van der Waals surface area contributed by atoms with Crippen LogP contribution in [0.3, 0.4) is 0 Å². The van der Waals surface area contributed by atoms with Crippen LogP contribution in [-0.2, 0) is 0 Å². The van der Waals surface area contributed by atoms with Gasteiger partial charge in [0.25, 0.3) is 11.6 Å². The van der Waals surface area contributed by atoms with Crippen LogP contribution in [-0.4, -0.2) is 22.9 Å². The number of nitrogens with two attached hydrogens (primary N) is 1. The number of amides is 1. The van der Waals surface area contributed by atoms with Crippen LogP contribution >= 0.6 is 11.6 Å². The van der Waals surface area contributed by atoms with Crippen LogP contribution in [0.4, 0.5) is 5.69 Å². The summed E-state index contributed by atoms with van der Waals surface area (Å²) in [5, 5.41) is 13.5. The number of nitro benzene ring substituents is 1. The summed E-state index contributed by atoms with van der Waals surface area (Å²) < 4.78 is 0. The highest BCUT2D eigenvalue weighted by atomic mass is 35.5. The Labute approximate surface area is 115 Å². The molecule has 1 aromatic carbocycles. The molecule has 0 heterocycles. The fourth-order valence-electron chi connectivity index (χ4n) is 1.98. The largest absolute Gasteiger partial charge is 0.350 e.